The van der Waals surface area contributed by atoms with Gasteiger partial charge in [-0.15, -0.1) is 0 Å². The van der Waals surface area contributed by atoms with Crippen LogP contribution in [0.5, 0.6) is 0 Å². The van der Waals surface area contributed by atoms with Gasteiger partial charge in [-0.1, -0.05) is 62.4 Å². The van der Waals surface area contributed by atoms with E-state index in [2.05, 4.69) is 43.9 Å². The number of hydrogen-bond donors (Lipinski definition) is 0. The van der Waals surface area contributed by atoms with Crippen LogP contribution in [-0.2, 0) is 27.2 Å². The van der Waals surface area contributed by atoms with Crippen LogP contribution in [0.3, 0.4) is 0 Å². The van der Waals surface area contributed by atoms with E-state index >= 15 is 0 Å². The molecular formula is C30H41IN2O4. The molecule has 3 rings (SSSR count). The maximum absolute atomic E-state index is 12.2. The first kappa shape index (κ1) is 30.8. The van der Waals surface area contributed by atoms with Gasteiger partial charge in [0, 0.05) is 17.4 Å². The molecule has 37 heavy (non-hydrogen) atoms. The Morgan fingerprint density at radius 1 is 0.838 bits per heavy atom. The molecule has 3 aromatic rings. The number of carbonyl (C=O) groups is 2. The summed E-state index contributed by atoms with van der Waals surface area (Å²) in [5.41, 5.74) is 3.89. The zero-order valence-electron chi connectivity index (χ0n) is 22.7. The Labute approximate surface area is 238 Å². The molecule has 0 fully saturated rings. The lowest BCUT2D eigenvalue weighted by Crippen LogP contribution is -3.00. The van der Waals surface area contributed by atoms with Crippen molar-refractivity contribution >= 4 is 28.5 Å². The minimum Gasteiger partial charge on any atom is -1.00 e. The number of rotatable bonds is 14. The van der Waals surface area contributed by atoms with Crippen molar-refractivity contribution in [3.05, 3.63) is 65.9 Å². The average molecular weight is 621 g/mol. The Morgan fingerprint density at radius 3 is 2.11 bits per heavy atom. The molecule has 6 nitrogen and oxygen atoms in total. The van der Waals surface area contributed by atoms with Crippen molar-refractivity contribution in [1.29, 1.82) is 0 Å². The zero-order valence-corrected chi connectivity index (χ0v) is 24.8. The van der Waals surface area contributed by atoms with Gasteiger partial charge in [-0.05, 0) is 42.7 Å². The predicted molar refractivity (Wildman–Crippen MR) is 146 cm³/mol. The van der Waals surface area contributed by atoms with Crippen molar-refractivity contribution in [3.63, 3.8) is 0 Å². The third-order valence-corrected chi connectivity index (χ3v) is 6.55. The van der Waals surface area contributed by atoms with Gasteiger partial charge in [0.05, 0.1) is 41.3 Å². The van der Waals surface area contributed by atoms with Crippen molar-refractivity contribution in [2.24, 2.45) is 0 Å². The summed E-state index contributed by atoms with van der Waals surface area (Å²) in [5.74, 6) is -0.443. The lowest BCUT2D eigenvalue weighted by Gasteiger charge is -2.23. The summed E-state index contributed by atoms with van der Waals surface area (Å²) in [6.45, 7) is 1.30. The van der Waals surface area contributed by atoms with Crippen LogP contribution in [0.1, 0.15) is 61.0 Å². The Morgan fingerprint density at radius 2 is 1.46 bits per heavy atom. The first-order valence-corrected chi connectivity index (χ1v) is 13.0. The summed E-state index contributed by atoms with van der Waals surface area (Å²) < 4.78 is 13.2. The number of aromatic nitrogens is 1. The molecule has 1 heterocycles. The minimum atomic E-state index is -0.287. The Hall–Kier alpha value is -2.39. The van der Waals surface area contributed by atoms with Crippen LogP contribution in [-0.4, -0.2) is 51.4 Å². The third-order valence-electron chi connectivity index (χ3n) is 6.55. The van der Waals surface area contributed by atoms with Crippen LogP contribution in [0, 0.1) is 0 Å². The summed E-state index contributed by atoms with van der Waals surface area (Å²) in [4.78, 5) is 24.3. The van der Waals surface area contributed by atoms with Crippen molar-refractivity contribution < 1.29 is 43.0 Å². The number of halogens is 1. The highest BCUT2D eigenvalue weighted by molar-refractivity contribution is 5.95. The molecule has 0 radical (unpaired) electrons. The number of carbonyl (C=O) groups excluding carboxylic acids is 2. The number of para-hydroxylation sites is 1. The van der Waals surface area contributed by atoms with Gasteiger partial charge < -0.3 is 38.0 Å². The van der Waals surface area contributed by atoms with Crippen molar-refractivity contribution in [2.75, 3.05) is 34.9 Å². The number of methoxy groups -OCH3 is 1. The van der Waals surface area contributed by atoms with E-state index in [0.29, 0.717) is 18.7 Å². The van der Waals surface area contributed by atoms with Crippen molar-refractivity contribution in [3.8, 4) is 0 Å². The van der Waals surface area contributed by atoms with Crippen LogP contribution in [0.2, 0.25) is 0 Å². The first-order valence-electron chi connectivity index (χ1n) is 13.0. The molecule has 2 aromatic carbocycles. The fourth-order valence-corrected chi connectivity index (χ4v) is 4.45. The zero-order chi connectivity index (χ0) is 26.0. The molecule has 0 saturated carbocycles. The van der Waals surface area contributed by atoms with Gasteiger partial charge in [-0.2, -0.15) is 0 Å². The number of nitrogens with zero attached hydrogens (tertiary/aromatic N) is 2. The molecule has 0 aliphatic heterocycles. The molecule has 0 unspecified atom stereocenters. The summed E-state index contributed by atoms with van der Waals surface area (Å²) in [5, 5.41) is 1.07. The molecule has 0 amide bonds. The van der Waals surface area contributed by atoms with E-state index in [4.69, 9.17) is 9.47 Å². The van der Waals surface area contributed by atoms with Gasteiger partial charge in [0.2, 0.25) is 0 Å². The van der Waals surface area contributed by atoms with Gasteiger partial charge in [0.25, 0.3) is 0 Å². The van der Waals surface area contributed by atoms with E-state index in [1.165, 1.54) is 19.2 Å². The standard InChI is InChI=1S/C30H41N2O4.HI/c1-32(2,3)26-18-16-24(17-19-26)22-29(33)36-21-13-9-7-5-6-8-12-20-31-27-15-11-10-14-25(27)23-28(31)30(34)35-4;/h10-11,14-19,23H,5-9,12-13,20-22H2,1-4H3;1H/q+1;/p-1. The molecule has 0 atom stereocenters. The number of esters is 2. The second-order valence-corrected chi connectivity index (χ2v) is 10.3. The van der Waals surface area contributed by atoms with Crippen LogP contribution in [0.4, 0.5) is 5.69 Å². The normalized spacial score (nSPS) is 11.2. The van der Waals surface area contributed by atoms with Crippen LogP contribution >= 0.6 is 0 Å². The third kappa shape index (κ3) is 9.45. The number of hydrogen-bond acceptors (Lipinski definition) is 4. The maximum Gasteiger partial charge on any atom is 0.354 e. The first-order chi connectivity index (χ1) is 17.3. The topological polar surface area (TPSA) is 57.5 Å². The SMILES string of the molecule is COC(=O)c1cc2ccccc2n1CCCCCCCCCOC(=O)Cc1ccc([N+](C)(C)C)cc1.[I-]. The molecule has 1 aromatic heterocycles. The van der Waals surface area contributed by atoms with Crippen LogP contribution < -0.4 is 28.5 Å². The Kier molecular flexibility index (Phi) is 12.6. The molecule has 0 bridgehead atoms. The molecule has 0 N–H and O–H groups in total. The minimum absolute atomic E-state index is 0. The van der Waals surface area contributed by atoms with Gasteiger partial charge >= 0.3 is 11.9 Å². The fraction of sp³-hybridized carbons (Fsp3) is 0.467. The molecule has 0 spiro atoms. The lowest BCUT2D eigenvalue weighted by molar-refractivity contribution is -0.142. The molecular weight excluding hydrogens is 579 g/mol. The van der Waals surface area contributed by atoms with E-state index in [9.17, 15) is 9.59 Å². The maximum atomic E-state index is 12.2. The Bertz CT molecular complexity index is 1130. The van der Waals surface area contributed by atoms with E-state index in [1.54, 1.807) is 0 Å². The Balaban J connectivity index is 0.00000481. The molecule has 0 aliphatic rings. The number of ether oxygens (including phenoxy) is 2. The van der Waals surface area contributed by atoms with Crippen molar-refractivity contribution in [1.82, 2.24) is 9.05 Å². The number of fused-ring (bicyclic) bond motifs is 1. The van der Waals surface area contributed by atoms with E-state index in [0.717, 1.165) is 66.0 Å². The summed E-state index contributed by atoms with van der Waals surface area (Å²) in [6.07, 6.45) is 7.92. The summed E-state index contributed by atoms with van der Waals surface area (Å²) in [7, 11) is 7.79. The van der Waals surface area contributed by atoms with Crippen LogP contribution in [0.25, 0.3) is 10.9 Å². The lowest BCUT2D eigenvalue weighted by atomic mass is 10.1. The van der Waals surface area contributed by atoms with Gasteiger partial charge in [-0.3, -0.25) is 9.28 Å². The second kappa shape index (κ2) is 15.1. The number of unbranched alkanes of at least 4 members (excludes halogenated alkanes) is 6. The highest BCUT2D eigenvalue weighted by Gasteiger charge is 2.15. The molecule has 7 heteroatoms. The number of aryl methyl sites for hydroxylation is 1. The molecule has 0 saturated heterocycles. The van der Waals surface area contributed by atoms with Gasteiger partial charge in [0.1, 0.15) is 11.4 Å². The summed E-state index contributed by atoms with van der Waals surface area (Å²) in [6, 6.07) is 18.1. The van der Waals surface area contributed by atoms with E-state index in [-0.39, 0.29) is 35.9 Å². The van der Waals surface area contributed by atoms with E-state index < -0.39 is 0 Å². The monoisotopic (exact) mass is 620 g/mol. The number of benzene rings is 2. The number of quaternary nitrogens is 1. The largest absolute Gasteiger partial charge is 1.00 e. The van der Waals surface area contributed by atoms with Gasteiger partial charge in [0.15, 0.2) is 0 Å². The molecule has 202 valence electrons. The highest BCUT2D eigenvalue weighted by atomic mass is 127. The fourth-order valence-electron chi connectivity index (χ4n) is 4.45. The van der Waals surface area contributed by atoms with E-state index in [1.807, 2.05) is 36.4 Å². The van der Waals surface area contributed by atoms with Gasteiger partial charge in [-0.25, -0.2) is 4.79 Å². The quantitative estimate of drug-likeness (QED) is 0.120. The second-order valence-electron chi connectivity index (χ2n) is 10.3. The average Bonchev–Trinajstić information content (AvgIpc) is 3.23. The summed E-state index contributed by atoms with van der Waals surface area (Å²) >= 11 is 0. The predicted octanol–water partition coefficient (Wildman–Crippen LogP) is 3.15. The smallest absolute Gasteiger partial charge is 0.354 e. The van der Waals surface area contributed by atoms with Crippen molar-refractivity contribution in [2.45, 2.75) is 57.9 Å². The van der Waals surface area contributed by atoms with Crippen LogP contribution in [0.15, 0.2) is 54.6 Å². The highest BCUT2D eigenvalue weighted by Crippen LogP contribution is 2.22. The molecule has 0 aliphatic carbocycles.